The molecule has 3 heterocycles. The molecular formula is C22H28ClN5O. The Kier molecular flexibility index (Phi) is 6.52. The third-order valence-electron chi connectivity index (χ3n) is 5.63. The molecule has 0 radical (unpaired) electrons. The fourth-order valence-electron chi connectivity index (χ4n) is 3.97. The number of anilines is 1. The lowest BCUT2D eigenvalue weighted by Gasteiger charge is -2.36. The van der Waals surface area contributed by atoms with Crippen LogP contribution in [0.1, 0.15) is 25.7 Å². The van der Waals surface area contributed by atoms with Crippen LogP contribution in [-0.2, 0) is 6.54 Å². The number of halogens is 1. The molecule has 0 N–H and O–H groups in total. The molecule has 29 heavy (non-hydrogen) atoms. The second kappa shape index (κ2) is 9.46. The van der Waals surface area contributed by atoms with Crippen molar-refractivity contribution in [3.63, 3.8) is 0 Å². The number of pyridine rings is 1. The van der Waals surface area contributed by atoms with Gasteiger partial charge in [0.25, 0.3) is 0 Å². The number of hydrogen-bond acceptors (Lipinski definition) is 4. The summed E-state index contributed by atoms with van der Waals surface area (Å²) in [5, 5.41) is 5.19. The van der Waals surface area contributed by atoms with Gasteiger partial charge in [0.1, 0.15) is 0 Å². The average molecular weight is 414 g/mol. The Bertz CT molecular complexity index is 990. The van der Waals surface area contributed by atoms with E-state index in [0.717, 1.165) is 56.2 Å². The van der Waals surface area contributed by atoms with E-state index in [9.17, 15) is 4.79 Å². The molecule has 7 heteroatoms. The van der Waals surface area contributed by atoms with Crippen molar-refractivity contribution in [2.45, 2.75) is 32.2 Å². The number of aromatic nitrogens is 3. The fraction of sp³-hybridized carbons (Fsp3) is 0.455. The van der Waals surface area contributed by atoms with Gasteiger partial charge in [0.2, 0.25) is 0 Å². The maximum absolute atomic E-state index is 12.2. The Labute approximate surface area is 176 Å². The maximum Gasteiger partial charge on any atom is 0.350 e. The minimum Gasteiger partial charge on any atom is -0.369 e. The summed E-state index contributed by atoms with van der Waals surface area (Å²) in [6.07, 6.45) is 6.29. The summed E-state index contributed by atoms with van der Waals surface area (Å²) in [5.74, 6) is 0. The van der Waals surface area contributed by atoms with E-state index in [0.29, 0.717) is 6.54 Å². The largest absolute Gasteiger partial charge is 0.369 e. The molecule has 0 bridgehead atoms. The van der Waals surface area contributed by atoms with Crippen LogP contribution in [0.3, 0.4) is 0 Å². The van der Waals surface area contributed by atoms with Crippen LogP contribution in [0.5, 0.6) is 0 Å². The minimum absolute atomic E-state index is 0.0434. The molecule has 0 aliphatic carbocycles. The molecule has 1 fully saturated rings. The number of hydrogen-bond donors (Lipinski definition) is 0. The van der Waals surface area contributed by atoms with E-state index >= 15 is 0 Å². The Morgan fingerprint density at radius 2 is 1.69 bits per heavy atom. The molecule has 0 spiro atoms. The Hall–Kier alpha value is -2.31. The van der Waals surface area contributed by atoms with Crippen molar-refractivity contribution >= 4 is 22.9 Å². The topological polar surface area (TPSA) is 45.8 Å². The van der Waals surface area contributed by atoms with Crippen LogP contribution in [-0.4, -0.2) is 51.8 Å². The lowest BCUT2D eigenvalue weighted by Crippen LogP contribution is -2.46. The highest BCUT2D eigenvalue weighted by Gasteiger charge is 2.16. The average Bonchev–Trinajstić information content (AvgIpc) is 3.07. The molecule has 3 aromatic rings. The molecule has 0 amide bonds. The summed E-state index contributed by atoms with van der Waals surface area (Å²) in [6, 6.07) is 13.7. The number of benzene rings is 1. The lowest BCUT2D eigenvalue weighted by molar-refractivity contribution is 0.251. The molecular weight excluding hydrogens is 386 g/mol. The van der Waals surface area contributed by atoms with Crippen molar-refractivity contribution in [2.24, 2.45) is 0 Å². The van der Waals surface area contributed by atoms with Gasteiger partial charge in [-0.1, -0.05) is 36.6 Å². The highest BCUT2D eigenvalue weighted by Crippen LogP contribution is 2.20. The predicted molar refractivity (Wildman–Crippen MR) is 118 cm³/mol. The Morgan fingerprint density at radius 1 is 0.897 bits per heavy atom. The van der Waals surface area contributed by atoms with E-state index in [-0.39, 0.29) is 5.69 Å². The van der Waals surface area contributed by atoms with Crippen LogP contribution >= 0.6 is 11.6 Å². The Morgan fingerprint density at radius 3 is 2.45 bits per heavy atom. The van der Waals surface area contributed by atoms with Gasteiger partial charge in [0.15, 0.2) is 5.65 Å². The highest BCUT2D eigenvalue weighted by atomic mass is 35.5. The summed E-state index contributed by atoms with van der Waals surface area (Å²) < 4.78 is 3.19. The zero-order chi connectivity index (χ0) is 20.1. The minimum atomic E-state index is -0.0434. The van der Waals surface area contributed by atoms with Gasteiger partial charge in [-0.3, -0.25) is 9.30 Å². The van der Waals surface area contributed by atoms with Crippen LogP contribution in [0.15, 0.2) is 53.5 Å². The van der Waals surface area contributed by atoms with Gasteiger partial charge >= 0.3 is 5.69 Å². The summed E-state index contributed by atoms with van der Waals surface area (Å²) >= 11 is 6.11. The van der Waals surface area contributed by atoms with Gasteiger partial charge < -0.3 is 4.90 Å². The molecule has 1 saturated heterocycles. The first-order chi connectivity index (χ1) is 14.2. The van der Waals surface area contributed by atoms with Gasteiger partial charge in [0.05, 0.1) is 0 Å². The van der Waals surface area contributed by atoms with Crippen molar-refractivity contribution < 1.29 is 0 Å². The quantitative estimate of drug-likeness (QED) is 0.530. The second-order valence-electron chi connectivity index (χ2n) is 7.66. The van der Waals surface area contributed by atoms with Crippen LogP contribution in [0.2, 0.25) is 5.02 Å². The van der Waals surface area contributed by atoms with Crippen molar-refractivity contribution in [3.8, 4) is 0 Å². The van der Waals surface area contributed by atoms with Crippen molar-refractivity contribution in [1.82, 2.24) is 19.1 Å². The number of fused-ring (bicyclic) bond motifs is 1. The van der Waals surface area contributed by atoms with Crippen molar-refractivity contribution in [2.75, 3.05) is 37.6 Å². The third kappa shape index (κ3) is 5.00. The molecule has 1 aliphatic rings. The highest BCUT2D eigenvalue weighted by molar-refractivity contribution is 6.30. The summed E-state index contributed by atoms with van der Waals surface area (Å²) in [6.45, 7) is 6.15. The van der Waals surface area contributed by atoms with E-state index in [1.54, 1.807) is 15.3 Å². The SMILES string of the molecule is O=c1n(CCCCCCN2CCN(c3cccc(Cl)c3)CC2)nc2ccccn12. The summed E-state index contributed by atoms with van der Waals surface area (Å²) in [5.41, 5.74) is 1.90. The van der Waals surface area contributed by atoms with Gasteiger partial charge in [-0.05, 0) is 49.7 Å². The monoisotopic (exact) mass is 413 g/mol. The molecule has 0 saturated carbocycles. The molecule has 154 valence electrons. The van der Waals surface area contributed by atoms with E-state index < -0.39 is 0 Å². The van der Waals surface area contributed by atoms with Crippen LogP contribution in [0.4, 0.5) is 5.69 Å². The third-order valence-corrected chi connectivity index (χ3v) is 5.86. The first-order valence-corrected chi connectivity index (χ1v) is 10.9. The van der Waals surface area contributed by atoms with E-state index in [1.165, 1.54) is 18.5 Å². The smallest absolute Gasteiger partial charge is 0.350 e. The van der Waals surface area contributed by atoms with Crippen LogP contribution in [0, 0.1) is 0 Å². The molecule has 1 aromatic carbocycles. The molecule has 0 atom stereocenters. The number of unbranched alkanes of at least 4 members (excludes halogenated alkanes) is 3. The first kappa shape index (κ1) is 20.0. The van der Waals surface area contributed by atoms with Crippen molar-refractivity contribution in [3.05, 3.63) is 64.2 Å². The zero-order valence-electron chi connectivity index (χ0n) is 16.7. The number of piperazine rings is 1. The van der Waals surface area contributed by atoms with Crippen LogP contribution < -0.4 is 10.6 Å². The number of nitrogens with zero attached hydrogens (tertiary/aromatic N) is 5. The fourth-order valence-corrected chi connectivity index (χ4v) is 4.15. The maximum atomic E-state index is 12.2. The predicted octanol–water partition coefficient (Wildman–Crippen LogP) is 3.53. The van der Waals surface area contributed by atoms with E-state index in [4.69, 9.17) is 11.6 Å². The summed E-state index contributed by atoms with van der Waals surface area (Å²) in [7, 11) is 0. The molecule has 6 nitrogen and oxygen atoms in total. The molecule has 4 rings (SSSR count). The number of aryl methyl sites for hydroxylation is 1. The number of rotatable bonds is 8. The second-order valence-corrected chi connectivity index (χ2v) is 8.09. The molecule has 1 aliphatic heterocycles. The van der Waals surface area contributed by atoms with Gasteiger partial charge in [-0.25, -0.2) is 9.48 Å². The normalized spacial score (nSPS) is 15.3. The molecule has 0 unspecified atom stereocenters. The van der Waals surface area contributed by atoms with Crippen molar-refractivity contribution in [1.29, 1.82) is 0 Å². The Balaban J connectivity index is 1.13. The van der Waals surface area contributed by atoms with Gasteiger partial charge in [0, 0.05) is 49.6 Å². The van der Waals surface area contributed by atoms with E-state index in [2.05, 4.69) is 21.0 Å². The van der Waals surface area contributed by atoms with Gasteiger partial charge in [-0.2, -0.15) is 0 Å². The van der Waals surface area contributed by atoms with E-state index in [1.807, 2.05) is 36.4 Å². The standard InChI is InChI=1S/C22H28ClN5O/c23-19-8-7-9-20(18-19)26-16-14-25(15-17-26)11-4-1-2-5-13-28-22(29)27-12-6-3-10-21(27)24-28/h3,6-10,12,18H,1-2,4-5,11,13-17H2. The summed E-state index contributed by atoms with van der Waals surface area (Å²) in [4.78, 5) is 17.2. The first-order valence-electron chi connectivity index (χ1n) is 10.5. The molecule has 2 aromatic heterocycles. The van der Waals surface area contributed by atoms with Gasteiger partial charge in [-0.15, -0.1) is 5.10 Å². The lowest BCUT2D eigenvalue weighted by atomic mass is 10.1. The van der Waals surface area contributed by atoms with Crippen LogP contribution in [0.25, 0.3) is 5.65 Å². The zero-order valence-corrected chi connectivity index (χ0v) is 17.5.